The SMILES string of the molecule is COc1ccc(F)cc1C(NCC1CC1)C(=O)O. The Bertz CT molecular complexity index is 446. The van der Waals surface area contributed by atoms with Crippen LogP contribution in [0.2, 0.25) is 0 Å². The Kier molecular flexibility index (Phi) is 3.81. The minimum Gasteiger partial charge on any atom is -0.496 e. The Morgan fingerprint density at radius 1 is 1.61 bits per heavy atom. The van der Waals surface area contributed by atoms with Gasteiger partial charge in [0.15, 0.2) is 0 Å². The van der Waals surface area contributed by atoms with E-state index in [2.05, 4.69) is 5.32 Å². The lowest BCUT2D eigenvalue weighted by Crippen LogP contribution is -2.30. The highest BCUT2D eigenvalue weighted by molar-refractivity contribution is 5.76. The zero-order chi connectivity index (χ0) is 13.1. The van der Waals surface area contributed by atoms with Gasteiger partial charge in [-0.05, 0) is 43.5 Å². The first-order valence-corrected chi connectivity index (χ1v) is 5.91. The molecule has 2 N–H and O–H groups in total. The average Bonchev–Trinajstić information content (AvgIpc) is 3.13. The molecule has 2 rings (SSSR count). The van der Waals surface area contributed by atoms with Gasteiger partial charge >= 0.3 is 5.97 Å². The molecule has 1 saturated carbocycles. The highest BCUT2D eigenvalue weighted by Crippen LogP contribution is 2.30. The number of hydrogen-bond acceptors (Lipinski definition) is 3. The molecular weight excluding hydrogens is 237 g/mol. The molecule has 0 aromatic heterocycles. The summed E-state index contributed by atoms with van der Waals surface area (Å²) in [5.74, 6) is -0.566. The van der Waals surface area contributed by atoms with Crippen molar-refractivity contribution in [2.45, 2.75) is 18.9 Å². The van der Waals surface area contributed by atoms with Crippen molar-refractivity contribution in [3.8, 4) is 5.75 Å². The molecule has 5 heteroatoms. The molecular formula is C13H16FNO3. The maximum absolute atomic E-state index is 13.2. The van der Waals surface area contributed by atoms with Crippen molar-refractivity contribution in [2.75, 3.05) is 13.7 Å². The largest absolute Gasteiger partial charge is 0.496 e. The summed E-state index contributed by atoms with van der Waals surface area (Å²) in [6.07, 6.45) is 2.25. The molecule has 0 saturated heterocycles. The van der Waals surface area contributed by atoms with Crippen LogP contribution in [0.1, 0.15) is 24.4 Å². The van der Waals surface area contributed by atoms with E-state index in [1.54, 1.807) is 0 Å². The van der Waals surface area contributed by atoms with E-state index in [1.165, 1.54) is 25.3 Å². The third-order valence-electron chi connectivity index (χ3n) is 3.06. The Hall–Kier alpha value is -1.62. The smallest absolute Gasteiger partial charge is 0.325 e. The van der Waals surface area contributed by atoms with Gasteiger partial charge in [-0.1, -0.05) is 0 Å². The first-order chi connectivity index (χ1) is 8.61. The van der Waals surface area contributed by atoms with Crippen LogP contribution in [0, 0.1) is 11.7 Å². The van der Waals surface area contributed by atoms with Gasteiger partial charge in [0.1, 0.15) is 17.6 Å². The molecule has 1 aliphatic carbocycles. The number of benzene rings is 1. The summed E-state index contributed by atoms with van der Waals surface area (Å²) >= 11 is 0. The van der Waals surface area contributed by atoms with E-state index in [9.17, 15) is 14.3 Å². The van der Waals surface area contributed by atoms with E-state index in [4.69, 9.17) is 4.74 Å². The number of hydrogen-bond donors (Lipinski definition) is 2. The van der Waals surface area contributed by atoms with Crippen LogP contribution in [-0.2, 0) is 4.79 Å². The second-order valence-corrected chi connectivity index (χ2v) is 4.51. The zero-order valence-corrected chi connectivity index (χ0v) is 10.1. The van der Waals surface area contributed by atoms with Crippen molar-refractivity contribution in [1.82, 2.24) is 5.32 Å². The Morgan fingerprint density at radius 3 is 2.89 bits per heavy atom. The van der Waals surface area contributed by atoms with Crippen LogP contribution in [-0.4, -0.2) is 24.7 Å². The maximum atomic E-state index is 13.2. The summed E-state index contributed by atoms with van der Waals surface area (Å²) in [6.45, 7) is 0.636. The van der Waals surface area contributed by atoms with Crippen LogP contribution < -0.4 is 10.1 Å². The molecule has 1 aliphatic rings. The van der Waals surface area contributed by atoms with Gasteiger partial charge in [-0.25, -0.2) is 4.39 Å². The van der Waals surface area contributed by atoms with Crippen LogP contribution in [0.4, 0.5) is 4.39 Å². The summed E-state index contributed by atoms with van der Waals surface area (Å²) in [6, 6.07) is 2.97. The molecule has 1 atom stereocenters. The quantitative estimate of drug-likeness (QED) is 0.813. The van der Waals surface area contributed by atoms with Gasteiger partial charge in [-0.3, -0.25) is 4.79 Å². The Balaban J connectivity index is 2.21. The minimum atomic E-state index is -1.03. The van der Waals surface area contributed by atoms with Gasteiger partial charge < -0.3 is 15.2 Å². The Morgan fingerprint density at radius 2 is 2.33 bits per heavy atom. The van der Waals surface area contributed by atoms with Crippen molar-refractivity contribution in [1.29, 1.82) is 0 Å². The first-order valence-electron chi connectivity index (χ1n) is 5.91. The highest BCUT2D eigenvalue weighted by Gasteiger charge is 2.27. The monoisotopic (exact) mass is 253 g/mol. The van der Waals surface area contributed by atoms with Gasteiger partial charge in [-0.15, -0.1) is 0 Å². The normalized spacial score (nSPS) is 16.3. The van der Waals surface area contributed by atoms with E-state index in [0.29, 0.717) is 23.8 Å². The van der Waals surface area contributed by atoms with Crippen molar-refractivity contribution in [3.05, 3.63) is 29.6 Å². The van der Waals surface area contributed by atoms with Gasteiger partial charge in [0.05, 0.1) is 7.11 Å². The summed E-state index contributed by atoms with van der Waals surface area (Å²) in [5.41, 5.74) is 0.325. The van der Waals surface area contributed by atoms with Gasteiger partial charge in [0, 0.05) is 5.56 Å². The summed E-state index contributed by atoms with van der Waals surface area (Å²) in [7, 11) is 1.44. The van der Waals surface area contributed by atoms with Crippen molar-refractivity contribution < 1.29 is 19.0 Å². The fraction of sp³-hybridized carbons (Fsp3) is 0.462. The summed E-state index contributed by atoms with van der Waals surface area (Å²) in [5, 5.41) is 12.2. The fourth-order valence-electron chi connectivity index (χ4n) is 1.87. The van der Waals surface area contributed by atoms with Crippen LogP contribution in [0.5, 0.6) is 5.75 Å². The van der Waals surface area contributed by atoms with E-state index in [0.717, 1.165) is 12.8 Å². The van der Waals surface area contributed by atoms with Crippen LogP contribution in [0.25, 0.3) is 0 Å². The van der Waals surface area contributed by atoms with Crippen LogP contribution in [0.3, 0.4) is 0 Å². The minimum absolute atomic E-state index is 0.325. The molecule has 0 radical (unpaired) electrons. The standard InChI is InChI=1S/C13H16FNO3/c1-18-11-5-4-9(14)6-10(11)12(13(16)17)15-7-8-2-3-8/h4-6,8,12,15H,2-3,7H2,1H3,(H,16,17). The van der Waals surface area contributed by atoms with Gasteiger partial charge in [0.2, 0.25) is 0 Å². The molecule has 1 unspecified atom stereocenters. The van der Waals surface area contributed by atoms with E-state index < -0.39 is 17.8 Å². The molecule has 1 aromatic carbocycles. The number of nitrogens with one attached hydrogen (secondary N) is 1. The number of methoxy groups -OCH3 is 1. The number of carboxylic acid groups (broad SMARTS) is 1. The first kappa shape index (κ1) is 12.8. The van der Waals surface area contributed by atoms with Gasteiger partial charge in [-0.2, -0.15) is 0 Å². The number of ether oxygens (including phenoxy) is 1. The number of rotatable bonds is 6. The van der Waals surface area contributed by atoms with E-state index in [1.807, 2.05) is 0 Å². The molecule has 0 aliphatic heterocycles. The van der Waals surface area contributed by atoms with Crippen molar-refractivity contribution >= 4 is 5.97 Å². The molecule has 18 heavy (non-hydrogen) atoms. The zero-order valence-electron chi connectivity index (χ0n) is 10.1. The third kappa shape index (κ3) is 2.98. The number of carbonyl (C=O) groups is 1. The van der Waals surface area contributed by atoms with Crippen molar-refractivity contribution in [2.24, 2.45) is 5.92 Å². The predicted molar refractivity (Wildman–Crippen MR) is 64.1 cm³/mol. The van der Waals surface area contributed by atoms with Crippen LogP contribution in [0.15, 0.2) is 18.2 Å². The second kappa shape index (κ2) is 5.35. The lowest BCUT2D eigenvalue weighted by Gasteiger charge is -2.17. The fourth-order valence-corrected chi connectivity index (χ4v) is 1.87. The summed E-state index contributed by atoms with van der Waals surface area (Å²) in [4.78, 5) is 11.3. The van der Waals surface area contributed by atoms with Crippen LogP contribution >= 0.6 is 0 Å². The maximum Gasteiger partial charge on any atom is 0.325 e. The molecule has 0 spiro atoms. The Labute approximate surface area is 105 Å². The van der Waals surface area contributed by atoms with Crippen molar-refractivity contribution in [3.63, 3.8) is 0 Å². The van der Waals surface area contributed by atoms with E-state index in [-0.39, 0.29) is 0 Å². The lowest BCUT2D eigenvalue weighted by molar-refractivity contribution is -0.139. The van der Waals surface area contributed by atoms with E-state index >= 15 is 0 Å². The average molecular weight is 253 g/mol. The molecule has 4 nitrogen and oxygen atoms in total. The predicted octanol–water partition coefficient (Wildman–Crippen LogP) is 1.96. The second-order valence-electron chi connectivity index (χ2n) is 4.51. The molecule has 0 heterocycles. The molecule has 1 aromatic rings. The summed E-state index contributed by atoms with van der Waals surface area (Å²) < 4.78 is 18.3. The number of carboxylic acids is 1. The molecule has 1 fully saturated rings. The van der Waals surface area contributed by atoms with Gasteiger partial charge in [0.25, 0.3) is 0 Å². The molecule has 98 valence electrons. The highest BCUT2D eigenvalue weighted by atomic mass is 19.1. The molecule has 0 bridgehead atoms. The topological polar surface area (TPSA) is 58.6 Å². The lowest BCUT2D eigenvalue weighted by atomic mass is 10.1. The third-order valence-corrected chi connectivity index (χ3v) is 3.06. The molecule has 0 amide bonds. The number of aliphatic carboxylic acids is 1. The number of halogens is 1.